The van der Waals surface area contributed by atoms with Crippen LogP contribution in [0, 0.1) is 0 Å². The highest BCUT2D eigenvalue weighted by atomic mass is 16.5. The fraction of sp³-hybridized carbons (Fsp3) is 0.727. The number of ether oxygens (including phenoxy) is 1. The number of rotatable bonds is 5. The number of aromatic nitrogens is 2. The average Bonchev–Trinajstić information content (AvgIpc) is 2.63. The number of hydrogen-bond donors (Lipinski definition) is 1. The molecule has 0 spiro atoms. The van der Waals surface area contributed by atoms with E-state index in [0.29, 0.717) is 6.61 Å². The van der Waals surface area contributed by atoms with Crippen LogP contribution in [0.5, 0.6) is 0 Å². The van der Waals surface area contributed by atoms with E-state index in [1.165, 1.54) is 0 Å². The highest BCUT2D eigenvalue weighted by Crippen LogP contribution is 2.31. The van der Waals surface area contributed by atoms with Crippen molar-refractivity contribution in [3.63, 3.8) is 0 Å². The molecule has 1 aromatic rings. The Hall–Kier alpha value is -0.870. The van der Waals surface area contributed by atoms with Crippen molar-refractivity contribution in [2.75, 3.05) is 6.61 Å². The van der Waals surface area contributed by atoms with E-state index < -0.39 is 11.7 Å². The Balaban J connectivity index is 2.91. The van der Waals surface area contributed by atoms with Gasteiger partial charge in [0.2, 0.25) is 0 Å². The lowest BCUT2D eigenvalue weighted by Gasteiger charge is -2.33. The third kappa shape index (κ3) is 2.38. The molecule has 0 aliphatic carbocycles. The molecule has 2 atom stereocenters. The topological polar surface area (TPSA) is 47.3 Å². The van der Waals surface area contributed by atoms with Gasteiger partial charge in [0.25, 0.3) is 0 Å². The molecule has 2 unspecified atom stereocenters. The number of nitrogens with zero attached hydrogens (tertiary/aromatic N) is 2. The number of aliphatic hydroxyl groups is 1. The summed E-state index contributed by atoms with van der Waals surface area (Å²) in [5.74, 6) is 0. The van der Waals surface area contributed by atoms with E-state index in [-0.39, 0.29) is 0 Å². The Morgan fingerprint density at radius 2 is 2.27 bits per heavy atom. The van der Waals surface area contributed by atoms with Crippen molar-refractivity contribution in [2.45, 2.75) is 38.9 Å². The summed E-state index contributed by atoms with van der Waals surface area (Å²) in [4.78, 5) is 0. The van der Waals surface area contributed by atoms with Gasteiger partial charge in [-0.3, -0.25) is 4.68 Å². The second-order valence-electron chi connectivity index (χ2n) is 3.88. The highest BCUT2D eigenvalue weighted by Gasteiger charge is 2.34. The van der Waals surface area contributed by atoms with E-state index in [0.717, 1.165) is 12.1 Å². The minimum atomic E-state index is -0.644. The first kappa shape index (κ1) is 12.2. The van der Waals surface area contributed by atoms with E-state index in [1.54, 1.807) is 10.9 Å². The molecule has 0 fully saturated rings. The largest absolute Gasteiger partial charge is 0.384 e. The molecule has 0 radical (unpaired) electrons. The molecule has 4 heteroatoms. The second kappa shape index (κ2) is 4.77. The summed E-state index contributed by atoms with van der Waals surface area (Å²) in [6.45, 7) is 6.46. The smallest absolute Gasteiger partial charge is 0.124 e. The molecule has 0 aliphatic rings. The zero-order valence-electron chi connectivity index (χ0n) is 9.90. The molecule has 1 aromatic heterocycles. The van der Waals surface area contributed by atoms with Crippen LogP contribution < -0.4 is 0 Å². The number of hydrogen-bond acceptors (Lipinski definition) is 3. The molecule has 1 rings (SSSR count). The molecule has 4 nitrogen and oxygen atoms in total. The zero-order valence-corrected chi connectivity index (χ0v) is 9.90. The maximum Gasteiger partial charge on any atom is 0.124 e. The van der Waals surface area contributed by atoms with Gasteiger partial charge in [-0.2, -0.15) is 5.10 Å². The lowest BCUT2D eigenvalue weighted by Crippen LogP contribution is -2.36. The first-order valence-electron chi connectivity index (χ1n) is 5.35. The van der Waals surface area contributed by atoms with Crippen LogP contribution in [0.25, 0.3) is 0 Å². The van der Waals surface area contributed by atoms with Gasteiger partial charge in [-0.25, -0.2) is 0 Å². The lowest BCUT2D eigenvalue weighted by atomic mass is 9.93. The Morgan fingerprint density at radius 1 is 1.60 bits per heavy atom. The van der Waals surface area contributed by atoms with Crippen molar-refractivity contribution in [2.24, 2.45) is 7.05 Å². The number of aliphatic hydroxyl groups excluding tert-OH is 1. The average molecular weight is 212 g/mol. The predicted octanol–water partition coefficient (Wildman–Crippen LogP) is 1.66. The maximum atomic E-state index is 10.3. The van der Waals surface area contributed by atoms with Crippen molar-refractivity contribution >= 4 is 0 Å². The van der Waals surface area contributed by atoms with E-state index >= 15 is 0 Å². The quantitative estimate of drug-likeness (QED) is 0.807. The summed E-state index contributed by atoms with van der Waals surface area (Å²) >= 11 is 0. The van der Waals surface area contributed by atoms with Crippen LogP contribution >= 0.6 is 0 Å². The number of aryl methyl sites for hydroxylation is 1. The Morgan fingerprint density at radius 3 is 2.67 bits per heavy atom. The molecule has 0 aliphatic heterocycles. The molecule has 15 heavy (non-hydrogen) atoms. The first-order valence-corrected chi connectivity index (χ1v) is 5.35. The van der Waals surface area contributed by atoms with Gasteiger partial charge >= 0.3 is 0 Å². The van der Waals surface area contributed by atoms with Gasteiger partial charge in [0, 0.05) is 19.9 Å². The van der Waals surface area contributed by atoms with Crippen molar-refractivity contribution in [3.05, 3.63) is 18.0 Å². The Kier molecular flexibility index (Phi) is 3.88. The summed E-state index contributed by atoms with van der Waals surface area (Å²) in [5, 5.41) is 14.3. The van der Waals surface area contributed by atoms with E-state index in [9.17, 15) is 5.11 Å². The molecule has 86 valence electrons. The molecule has 0 saturated carbocycles. The van der Waals surface area contributed by atoms with Gasteiger partial charge in [-0.15, -0.1) is 0 Å². The van der Waals surface area contributed by atoms with Crippen LogP contribution in [0.1, 0.15) is 39.0 Å². The van der Waals surface area contributed by atoms with E-state index in [4.69, 9.17) is 4.74 Å². The van der Waals surface area contributed by atoms with Crippen molar-refractivity contribution in [1.29, 1.82) is 0 Å². The molecule has 1 heterocycles. The van der Waals surface area contributed by atoms with Crippen LogP contribution in [0.3, 0.4) is 0 Å². The summed E-state index contributed by atoms with van der Waals surface area (Å²) in [7, 11) is 1.82. The monoisotopic (exact) mass is 212 g/mol. The Bertz CT molecular complexity index is 311. The van der Waals surface area contributed by atoms with Crippen molar-refractivity contribution in [1.82, 2.24) is 9.78 Å². The zero-order chi connectivity index (χ0) is 11.5. The van der Waals surface area contributed by atoms with Gasteiger partial charge in [-0.05, 0) is 26.3 Å². The van der Waals surface area contributed by atoms with Gasteiger partial charge in [0.1, 0.15) is 6.10 Å². The van der Waals surface area contributed by atoms with Crippen LogP contribution in [0.2, 0.25) is 0 Å². The Labute approximate surface area is 90.9 Å². The highest BCUT2D eigenvalue weighted by molar-refractivity contribution is 5.09. The third-order valence-electron chi connectivity index (χ3n) is 2.89. The van der Waals surface area contributed by atoms with Gasteiger partial charge in [0.05, 0.1) is 11.3 Å². The summed E-state index contributed by atoms with van der Waals surface area (Å²) in [5.41, 5.74) is 0.246. The molecule has 0 saturated heterocycles. The van der Waals surface area contributed by atoms with Crippen LogP contribution in [0.15, 0.2) is 12.3 Å². The van der Waals surface area contributed by atoms with Crippen LogP contribution in [-0.2, 0) is 11.8 Å². The fourth-order valence-electron chi connectivity index (χ4n) is 1.67. The van der Waals surface area contributed by atoms with Gasteiger partial charge < -0.3 is 9.84 Å². The SMILES string of the molecule is CCOC(C)(CC)C(O)c1ccnn1C. The first-order chi connectivity index (χ1) is 7.05. The predicted molar refractivity (Wildman–Crippen MR) is 58.5 cm³/mol. The molecule has 1 N–H and O–H groups in total. The standard InChI is InChI=1S/C11H20N2O2/c1-5-11(3,15-6-2)10(14)9-7-8-12-13(9)4/h7-8,10,14H,5-6H2,1-4H3. The summed E-state index contributed by atoms with van der Waals surface area (Å²) in [6, 6.07) is 1.82. The van der Waals surface area contributed by atoms with Crippen LogP contribution in [0.4, 0.5) is 0 Å². The van der Waals surface area contributed by atoms with E-state index in [2.05, 4.69) is 5.10 Å². The van der Waals surface area contributed by atoms with Gasteiger partial charge in [0.15, 0.2) is 0 Å². The molecule has 0 bridgehead atoms. The minimum Gasteiger partial charge on any atom is -0.384 e. The molecule has 0 aromatic carbocycles. The fourth-order valence-corrected chi connectivity index (χ4v) is 1.67. The summed E-state index contributed by atoms with van der Waals surface area (Å²) in [6.07, 6.45) is 1.79. The van der Waals surface area contributed by atoms with Gasteiger partial charge in [-0.1, -0.05) is 6.92 Å². The van der Waals surface area contributed by atoms with E-state index in [1.807, 2.05) is 33.9 Å². The maximum absolute atomic E-state index is 10.3. The van der Waals surface area contributed by atoms with Crippen molar-refractivity contribution < 1.29 is 9.84 Å². The molecular weight excluding hydrogens is 192 g/mol. The molecule has 0 amide bonds. The lowest BCUT2D eigenvalue weighted by molar-refractivity contribution is -0.115. The normalized spacial score (nSPS) is 17.4. The second-order valence-corrected chi connectivity index (χ2v) is 3.88. The minimum absolute atomic E-state index is 0.539. The third-order valence-corrected chi connectivity index (χ3v) is 2.89. The van der Waals surface area contributed by atoms with Crippen LogP contribution in [-0.4, -0.2) is 27.1 Å². The molecular formula is C11H20N2O2. The summed E-state index contributed by atoms with van der Waals surface area (Å²) < 4.78 is 7.31. The van der Waals surface area contributed by atoms with Crippen molar-refractivity contribution in [3.8, 4) is 0 Å².